The first-order chi connectivity index (χ1) is 7.90. The van der Waals surface area contributed by atoms with Gasteiger partial charge in [-0.15, -0.1) is 0 Å². The summed E-state index contributed by atoms with van der Waals surface area (Å²) in [6.07, 6.45) is 2.20. The van der Waals surface area contributed by atoms with Gasteiger partial charge in [-0.1, -0.05) is 11.8 Å². The SMILES string of the molecule is CCN1C=C(C(C)(C)OC)CS/C1=N/C(C)C. The molecule has 1 rings (SSSR count). The Morgan fingerprint density at radius 3 is 2.65 bits per heavy atom. The molecule has 17 heavy (non-hydrogen) atoms. The zero-order valence-electron chi connectivity index (χ0n) is 11.8. The second-order valence-corrected chi connectivity index (χ2v) is 5.89. The van der Waals surface area contributed by atoms with Crippen molar-refractivity contribution in [2.45, 2.75) is 46.3 Å². The van der Waals surface area contributed by atoms with Crippen LogP contribution in [0.1, 0.15) is 34.6 Å². The van der Waals surface area contributed by atoms with Gasteiger partial charge in [0, 0.05) is 31.6 Å². The highest BCUT2D eigenvalue weighted by atomic mass is 32.2. The largest absolute Gasteiger partial charge is 0.374 e. The first-order valence-electron chi connectivity index (χ1n) is 6.14. The third kappa shape index (κ3) is 3.75. The van der Waals surface area contributed by atoms with Gasteiger partial charge in [0.15, 0.2) is 5.17 Å². The predicted molar refractivity (Wildman–Crippen MR) is 76.6 cm³/mol. The van der Waals surface area contributed by atoms with E-state index in [1.165, 1.54) is 5.57 Å². The monoisotopic (exact) mass is 256 g/mol. The average Bonchev–Trinajstić information content (AvgIpc) is 2.28. The highest BCUT2D eigenvalue weighted by molar-refractivity contribution is 8.14. The minimum Gasteiger partial charge on any atom is -0.374 e. The molecule has 0 bridgehead atoms. The molecule has 98 valence electrons. The average molecular weight is 256 g/mol. The van der Waals surface area contributed by atoms with E-state index in [1.54, 1.807) is 18.9 Å². The maximum atomic E-state index is 5.54. The number of ether oxygens (including phenoxy) is 1. The third-order valence-electron chi connectivity index (χ3n) is 2.91. The van der Waals surface area contributed by atoms with Crippen LogP contribution in [-0.2, 0) is 4.74 Å². The standard InChI is InChI=1S/C13H24N2OS/c1-7-15-8-11(13(4,5)16-6)9-17-12(15)14-10(2)3/h8,10H,7,9H2,1-6H3/b14-12+. The second kappa shape index (κ2) is 5.91. The van der Waals surface area contributed by atoms with E-state index < -0.39 is 0 Å². The van der Waals surface area contributed by atoms with Gasteiger partial charge in [-0.2, -0.15) is 0 Å². The Morgan fingerprint density at radius 1 is 1.53 bits per heavy atom. The van der Waals surface area contributed by atoms with Crippen molar-refractivity contribution in [3.05, 3.63) is 11.8 Å². The van der Waals surface area contributed by atoms with Gasteiger partial charge in [0.1, 0.15) is 0 Å². The maximum absolute atomic E-state index is 5.54. The first-order valence-corrected chi connectivity index (χ1v) is 7.12. The number of thioether (sulfide) groups is 1. The molecule has 0 N–H and O–H groups in total. The molecule has 0 saturated heterocycles. The Morgan fingerprint density at radius 2 is 2.18 bits per heavy atom. The lowest BCUT2D eigenvalue weighted by molar-refractivity contribution is 0.0544. The highest BCUT2D eigenvalue weighted by Crippen LogP contribution is 2.30. The fourth-order valence-electron chi connectivity index (χ4n) is 1.53. The molecule has 0 atom stereocenters. The van der Waals surface area contributed by atoms with Gasteiger partial charge >= 0.3 is 0 Å². The lowest BCUT2D eigenvalue weighted by Gasteiger charge is -2.34. The van der Waals surface area contributed by atoms with E-state index in [-0.39, 0.29) is 5.60 Å². The van der Waals surface area contributed by atoms with Crippen LogP contribution in [0.15, 0.2) is 16.8 Å². The van der Waals surface area contributed by atoms with Crippen molar-refractivity contribution in [2.75, 3.05) is 19.4 Å². The summed E-state index contributed by atoms with van der Waals surface area (Å²) in [6.45, 7) is 11.5. The van der Waals surface area contributed by atoms with Crippen LogP contribution in [0.3, 0.4) is 0 Å². The molecule has 0 aromatic carbocycles. The maximum Gasteiger partial charge on any atom is 0.163 e. The molecule has 3 nitrogen and oxygen atoms in total. The van der Waals surface area contributed by atoms with Gasteiger partial charge in [0.2, 0.25) is 0 Å². The number of methoxy groups -OCH3 is 1. The molecule has 4 heteroatoms. The molecule has 0 aromatic heterocycles. The van der Waals surface area contributed by atoms with Crippen molar-refractivity contribution in [2.24, 2.45) is 4.99 Å². The van der Waals surface area contributed by atoms with Crippen molar-refractivity contribution in [3.63, 3.8) is 0 Å². The number of nitrogens with zero attached hydrogens (tertiary/aromatic N) is 2. The Bertz CT molecular complexity index is 321. The lowest BCUT2D eigenvalue weighted by Crippen LogP contribution is -2.35. The van der Waals surface area contributed by atoms with Crippen LogP contribution in [0.4, 0.5) is 0 Å². The Kier molecular flexibility index (Phi) is 5.07. The van der Waals surface area contributed by atoms with E-state index in [4.69, 9.17) is 4.74 Å². The van der Waals surface area contributed by atoms with E-state index in [2.05, 4.69) is 50.7 Å². The molecular formula is C13H24N2OS. The van der Waals surface area contributed by atoms with Crippen molar-refractivity contribution in [3.8, 4) is 0 Å². The number of hydrogen-bond donors (Lipinski definition) is 0. The minimum absolute atomic E-state index is 0.191. The molecule has 1 aliphatic rings. The van der Waals surface area contributed by atoms with Crippen LogP contribution >= 0.6 is 11.8 Å². The van der Waals surface area contributed by atoms with Gasteiger partial charge in [0.25, 0.3) is 0 Å². The molecule has 0 fully saturated rings. The predicted octanol–water partition coefficient (Wildman–Crippen LogP) is 3.13. The smallest absolute Gasteiger partial charge is 0.163 e. The van der Waals surface area contributed by atoms with Gasteiger partial charge in [-0.3, -0.25) is 4.99 Å². The number of aliphatic imine (C=N–C) groups is 1. The topological polar surface area (TPSA) is 24.8 Å². The van der Waals surface area contributed by atoms with Gasteiger partial charge in [-0.05, 0) is 40.2 Å². The zero-order valence-corrected chi connectivity index (χ0v) is 12.6. The minimum atomic E-state index is -0.191. The van der Waals surface area contributed by atoms with E-state index in [1.807, 2.05) is 0 Å². The molecule has 0 saturated carbocycles. The van der Waals surface area contributed by atoms with Gasteiger partial charge in [0.05, 0.1) is 5.60 Å². The summed E-state index contributed by atoms with van der Waals surface area (Å²) in [5.41, 5.74) is 1.12. The molecule has 1 aliphatic heterocycles. The number of amidine groups is 1. The van der Waals surface area contributed by atoms with Crippen LogP contribution in [0.25, 0.3) is 0 Å². The number of rotatable bonds is 4. The van der Waals surface area contributed by atoms with Crippen molar-refractivity contribution < 1.29 is 4.74 Å². The van der Waals surface area contributed by atoms with Crippen LogP contribution in [0.2, 0.25) is 0 Å². The van der Waals surface area contributed by atoms with Crippen LogP contribution in [0, 0.1) is 0 Å². The van der Waals surface area contributed by atoms with E-state index in [9.17, 15) is 0 Å². The molecular weight excluding hydrogens is 232 g/mol. The van der Waals surface area contributed by atoms with Crippen LogP contribution in [-0.4, -0.2) is 41.1 Å². The van der Waals surface area contributed by atoms with Gasteiger partial charge < -0.3 is 9.64 Å². The molecule has 0 spiro atoms. The van der Waals surface area contributed by atoms with E-state index >= 15 is 0 Å². The zero-order chi connectivity index (χ0) is 13.1. The Balaban J connectivity index is 2.93. The fraction of sp³-hybridized carbons (Fsp3) is 0.769. The number of hydrogen-bond acceptors (Lipinski definition) is 3. The molecule has 0 amide bonds. The van der Waals surface area contributed by atoms with Crippen molar-refractivity contribution >= 4 is 16.9 Å². The summed E-state index contributed by atoms with van der Waals surface area (Å²) < 4.78 is 5.54. The Labute approximate surface area is 109 Å². The summed E-state index contributed by atoms with van der Waals surface area (Å²) >= 11 is 1.80. The molecule has 0 aliphatic carbocycles. The first kappa shape index (κ1) is 14.6. The van der Waals surface area contributed by atoms with Gasteiger partial charge in [-0.25, -0.2) is 0 Å². The summed E-state index contributed by atoms with van der Waals surface area (Å²) in [5.74, 6) is 0.961. The molecule has 0 radical (unpaired) electrons. The highest BCUT2D eigenvalue weighted by Gasteiger charge is 2.28. The quantitative estimate of drug-likeness (QED) is 0.772. The molecule has 0 unspecified atom stereocenters. The third-order valence-corrected chi connectivity index (χ3v) is 3.96. The molecule has 1 heterocycles. The Hall–Kier alpha value is -0.480. The lowest BCUT2D eigenvalue weighted by atomic mass is 10.0. The summed E-state index contributed by atoms with van der Waals surface area (Å²) in [5, 5.41) is 1.12. The fourth-order valence-corrected chi connectivity index (χ4v) is 2.86. The van der Waals surface area contributed by atoms with Crippen LogP contribution < -0.4 is 0 Å². The van der Waals surface area contributed by atoms with Crippen molar-refractivity contribution in [1.29, 1.82) is 0 Å². The normalized spacial score (nSPS) is 20.1. The van der Waals surface area contributed by atoms with Crippen LogP contribution in [0.5, 0.6) is 0 Å². The van der Waals surface area contributed by atoms with Crippen molar-refractivity contribution in [1.82, 2.24) is 4.90 Å². The summed E-state index contributed by atoms with van der Waals surface area (Å²) in [6, 6.07) is 0.344. The van der Waals surface area contributed by atoms with E-state index in [0.717, 1.165) is 17.5 Å². The molecule has 0 aromatic rings. The van der Waals surface area contributed by atoms with E-state index in [0.29, 0.717) is 6.04 Å². The second-order valence-electron chi connectivity index (χ2n) is 4.95. The summed E-state index contributed by atoms with van der Waals surface area (Å²) in [7, 11) is 1.76. The summed E-state index contributed by atoms with van der Waals surface area (Å²) in [4.78, 5) is 6.86.